The summed E-state index contributed by atoms with van der Waals surface area (Å²) >= 11 is 6.15. The number of carbonyl (C=O) groups excluding carboxylic acids is 2. The van der Waals surface area contributed by atoms with Gasteiger partial charge in [-0.3, -0.25) is 14.3 Å². The zero-order chi connectivity index (χ0) is 27.4. The maximum absolute atomic E-state index is 14.0. The highest BCUT2D eigenvalue weighted by Gasteiger charge is 2.32. The number of hydrogen-bond acceptors (Lipinski definition) is 5. The number of aromatic nitrogens is 2. The van der Waals surface area contributed by atoms with E-state index >= 15 is 0 Å². The normalized spacial score (nSPS) is 13.3. The predicted molar refractivity (Wildman–Crippen MR) is 127 cm³/mol. The van der Waals surface area contributed by atoms with Gasteiger partial charge in [0.25, 0.3) is 5.91 Å². The van der Waals surface area contributed by atoms with Gasteiger partial charge in [0.15, 0.2) is 11.6 Å². The van der Waals surface area contributed by atoms with Gasteiger partial charge in [-0.15, -0.1) is 0 Å². The first kappa shape index (κ1) is 25.3. The van der Waals surface area contributed by atoms with Crippen LogP contribution in [0, 0.1) is 11.6 Å². The van der Waals surface area contributed by atoms with Crippen LogP contribution in [-0.2, 0) is 24.1 Å². The summed E-state index contributed by atoms with van der Waals surface area (Å²) in [7, 11) is 0. The van der Waals surface area contributed by atoms with E-state index in [1.807, 2.05) is 0 Å². The van der Waals surface area contributed by atoms with Crippen molar-refractivity contribution in [1.82, 2.24) is 15.1 Å². The third kappa shape index (κ3) is 4.67. The molecule has 1 aromatic heterocycles. The molecule has 0 saturated carbocycles. The fourth-order valence-corrected chi connectivity index (χ4v) is 4.21. The van der Waals surface area contributed by atoms with Crippen molar-refractivity contribution in [2.24, 2.45) is 0 Å². The van der Waals surface area contributed by atoms with Gasteiger partial charge < -0.3 is 21.1 Å². The molecule has 1 aliphatic rings. The van der Waals surface area contributed by atoms with Gasteiger partial charge in [-0.25, -0.2) is 8.78 Å². The van der Waals surface area contributed by atoms with E-state index in [-0.39, 0.29) is 58.5 Å². The summed E-state index contributed by atoms with van der Waals surface area (Å²) in [5, 5.41) is 9.34. The first-order valence-electron chi connectivity index (χ1n) is 10.8. The molecule has 0 unspecified atom stereocenters. The standard InChI is InChI=1S/C24H15ClF5N5O3/c25-15-2-1-13(26)7-17(15)38-21-16(33-23(37)10-3-12(24(28,29)30)6-14(27)4-10)5-11-8-32-18(36)9-35-20(11)19(21)22(31)34-35/h1-7H,8-9H2,(H2,31,34)(H,32,36)(H,33,37). The molecular formula is C24H15ClF5N5O3. The number of ether oxygens (including phenoxy) is 1. The zero-order valence-electron chi connectivity index (χ0n) is 18.9. The van der Waals surface area contributed by atoms with E-state index in [9.17, 15) is 31.5 Å². The average molecular weight is 552 g/mol. The molecule has 2 amide bonds. The highest BCUT2D eigenvalue weighted by atomic mass is 35.5. The SMILES string of the molecule is Nc1nn2c3c(cc(NC(=O)c4cc(F)cc(C(F)(F)F)c4)c(Oc4cc(F)ccc4Cl)c13)CNC(=O)C2. The van der Waals surface area contributed by atoms with Crippen molar-refractivity contribution in [2.45, 2.75) is 19.3 Å². The molecule has 38 heavy (non-hydrogen) atoms. The molecule has 0 atom stereocenters. The second-order valence-corrected chi connectivity index (χ2v) is 8.72. The fourth-order valence-electron chi connectivity index (χ4n) is 4.05. The lowest BCUT2D eigenvalue weighted by molar-refractivity contribution is -0.137. The number of benzene rings is 3. The van der Waals surface area contributed by atoms with Crippen molar-refractivity contribution in [2.75, 3.05) is 11.1 Å². The quantitative estimate of drug-likeness (QED) is 0.300. The number of nitrogen functional groups attached to an aromatic ring is 1. The summed E-state index contributed by atoms with van der Waals surface area (Å²) < 4.78 is 74.7. The maximum atomic E-state index is 14.0. The lowest BCUT2D eigenvalue weighted by Crippen LogP contribution is -2.24. The number of halogens is 6. The molecule has 0 spiro atoms. The van der Waals surface area contributed by atoms with E-state index in [1.54, 1.807) is 0 Å². The molecule has 0 aliphatic carbocycles. The Bertz CT molecular complexity index is 1640. The molecule has 0 saturated heterocycles. The van der Waals surface area contributed by atoms with Crippen LogP contribution < -0.4 is 21.1 Å². The van der Waals surface area contributed by atoms with Crippen LogP contribution in [-0.4, -0.2) is 21.6 Å². The third-order valence-corrected chi connectivity index (χ3v) is 6.00. The Labute approximate surface area is 215 Å². The number of nitrogens with two attached hydrogens (primary N) is 1. The molecule has 0 bridgehead atoms. The molecule has 1 aliphatic heterocycles. The third-order valence-electron chi connectivity index (χ3n) is 5.68. The van der Waals surface area contributed by atoms with Crippen molar-refractivity contribution in [3.05, 3.63) is 75.8 Å². The van der Waals surface area contributed by atoms with Crippen molar-refractivity contribution >= 4 is 45.8 Å². The second kappa shape index (κ2) is 9.17. The van der Waals surface area contributed by atoms with Gasteiger partial charge in [-0.1, -0.05) is 11.6 Å². The summed E-state index contributed by atoms with van der Waals surface area (Å²) in [6, 6.07) is 6.05. The van der Waals surface area contributed by atoms with E-state index in [0.29, 0.717) is 23.2 Å². The van der Waals surface area contributed by atoms with Crippen LogP contribution in [0.4, 0.5) is 33.5 Å². The van der Waals surface area contributed by atoms with Crippen molar-refractivity contribution < 1.29 is 36.3 Å². The monoisotopic (exact) mass is 551 g/mol. The number of hydrogen-bond donors (Lipinski definition) is 3. The molecule has 196 valence electrons. The largest absolute Gasteiger partial charge is 0.453 e. The van der Waals surface area contributed by atoms with Gasteiger partial charge in [0.2, 0.25) is 5.91 Å². The molecule has 3 aromatic carbocycles. The molecule has 14 heteroatoms. The number of alkyl halides is 3. The predicted octanol–water partition coefficient (Wildman–Crippen LogP) is 5.24. The van der Waals surface area contributed by atoms with Crippen LogP contribution in [0.3, 0.4) is 0 Å². The zero-order valence-corrected chi connectivity index (χ0v) is 19.7. The van der Waals surface area contributed by atoms with Crippen LogP contribution in [0.1, 0.15) is 21.5 Å². The Balaban J connectivity index is 1.67. The minimum atomic E-state index is -4.90. The van der Waals surface area contributed by atoms with Crippen LogP contribution in [0.5, 0.6) is 11.5 Å². The number of anilines is 2. The number of amides is 2. The molecule has 0 fully saturated rings. The highest BCUT2D eigenvalue weighted by Crippen LogP contribution is 2.44. The van der Waals surface area contributed by atoms with E-state index in [0.717, 1.165) is 12.1 Å². The fraction of sp³-hybridized carbons (Fsp3) is 0.125. The molecule has 4 N–H and O–H groups in total. The molecule has 2 heterocycles. The number of carbonyl (C=O) groups is 2. The van der Waals surface area contributed by atoms with E-state index in [2.05, 4.69) is 15.7 Å². The number of rotatable bonds is 4. The first-order chi connectivity index (χ1) is 17.9. The average Bonchev–Trinajstić information content (AvgIpc) is 3.07. The summed E-state index contributed by atoms with van der Waals surface area (Å²) in [4.78, 5) is 25.2. The molecule has 8 nitrogen and oxygen atoms in total. The van der Waals surface area contributed by atoms with E-state index in [1.165, 1.54) is 16.8 Å². The second-order valence-electron chi connectivity index (χ2n) is 8.31. The number of nitrogens with one attached hydrogen (secondary N) is 2. The van der Waals surface area contributed by atoms with Gasteiger partial charge in [0.1, 0.15) is 23.9 Å². The van der Waals surface area contributed by atoms with Crippen LogP contribution in [0.2, 0.25) is 5.02 Å². The Morgan fingerprint density at radius 1 is 1.13 bits per heavy atom. The minimum Gasteiger partial charge on any atom is -0.453 e. The lowest BCUT2D eigenvalue weighted by atomic mass is 10.1. The van der Waals surface area contributed by atoms with Crippen molar-refractivity contribution in [3.63, 3.8) is 0 Å². The van der Waals surface area contributed by atoms with Gasteiger partial charge >= 0.3 is 6.18 Å². The maximum Gasteiger partial charge on any atom is 0.416 e. The molecule has 5 rings (SSSR count). The van der Waals surface area contributed by atoms with Gasteiger partial charge in [-0.05, 0) is 42.0 Å². The minimum absolute atomic E-state index is 0.00650. The topological polar surface area (TPSA) is 111 Å². The Hall–Kier alpha value is -4.39. The summed E-state index contributed by atoms with van der Waals surface area (Å²) in [5.74, 6) is -3.92. The van der Waals surface area contributed by atoms with Gasteiger partial charge in [0.05, 0.1) is 27.2 Å². The Morgan fingerprint density at radius 3 is 2.63 bits per heavy atom. The Kier molecular flexibility index (Phi) is 6.10. The molecule has 4 aromatic rings. The first-order valence-corrected chi connectivity index (χ1v) is 11.2. The number of nitrogens with zero attached hydrogens (tertiary/aromatic N) is 2. The van der Waals surface area contributed by atoms with Crippen molar-refractivity contribution in [3.8, 4) is 11.5 Å². The van der Waals surface area contributed by atoms with Crippen LogP contribution in [0.15, 0.2) is 42.5 Å². The molecular weight excluding hydrogens is 537 g/mol. The summed E-state index contributed by atoms with van der Waals surface area (Å²) in [6.45, 7) is -0.196. The van der Waals surface area contributed by atoms with E-state index in [4.69, 9.17) is 22.1 Å². The van der Waals surface area contributed by atoms with E-state index < -0.39 is 34.8 Å². The smallest absolute Gasteiger partial charge is 0.416 e. The lowest BCUT2D eigenvalue weighted by Gasteiger charge is -2.17. The highest BCUT2D eigenvalue weighted by molar-refractivity contribution is 6.32. The van der Waals surface area contributed by atoms with Gasteiger partial charge in [0, 0.05) is 18.2 Å². The van der Waals surface area contributed by atoms with Gasteiger partial charge in [-0.2, -0.15) is 18.3 Å². The van der Waals surface area contributed by atoms with Crippen LogP contribution >= 0.6 is 11.6 Å². The summed E-state index contributed by atoms with van der Waals surface area (Å²) in [6.07, 6.45) is -4.90. The summed E-state index contributed by atoms with van der Waals surface area (Å²) in [5.41, 5.74) is 4.81. The molecule has 0 radical (unpaired) electrons. The van der Waals surface area contributed by atoms with Crippen molar-refractivity contribution in [1.29, 1.82) is 0 Å². The Morgan fingerprint density at radius 2 is 1.89 bits per heavy atom. The van der Waals surface area contributed by atoms with Crippen LogP contribution in [0.25, 0.3) is 10.9 Å².